The lowest BCUT2D eigenvalue weighted by Gasteiger charge is -2.27. The zero-order valence-corrected chi connectivity index (χ0v) is 21.0. The lowest BCUT2D eigenvalue weighted by atomic mass is 9.98. The van der Waals surface area contributed by atoms with Gasteiger partial charge < -0.3 is 9.74 Å². The van der Waals surface area contributed by atoms with Crippen molar-refractivity contribution in [3.8, 4) is 11.1 Å². The molecular formula is C24H30FN3O6S. The number of amides is 2. The molecule has 0 saturated heterocycles. The fourth-order valence-electron chi connectivity index (χ4n) is 3.98. The molecule has 2 N–H and O–H groups in total. The van der Waals surface area contributed by atoms with E-state index in [1.807, 2.05) is 31.3 Å². The molecule has 0 fully saturated rings. The highest BCUT2D eigenvalue weighted by Crippen LogP contribution is 2.33. The van der Waals surface area contributed by atoms with Gasteiger partial charge in [0.1, 0.15) is 5.82 Å². The van der Waals surface area contributed by atoms with E-state index in [1.54, 1.807) is 24.3 Å². The standard InChI is InChI=1S/C24H30FN3O6S/c1-24(23(30)26-31,35(4,32)33)12-14-28-15-20-19(22(28)29)10-9-18(21(20)25)17-7-5-16(6-8-17)11-13-27(2)34-3/h5-10,31H,11-15H2,1-4H3,(H,26,30). The number of hydroxylamine groups is 3. The molecule has 35 heavy (non-hydrogen) atoms. The number of likely N-dealkylation sites (N-methyl/N-ethyl adjacent to an activating group) is 1. The molecule has 2 amide bonds. The third-order valence-electron chi connectivity index (χ3n) is 6.66. The SMILES string of the molecule is CON(C)CCc1ccc(-c2ccc3c(c2F)CN(CCC(C)(C(=O)NO)S(C)(=O)=O)C3=O)cc1. The summed E-state index contributed by atoms with van der Waals surface area (Å²) in [6.45, 7) is 1.73. The fourth-order valence-corrected chi connectivity index (χ4v) is 4.82. The van der Waals surface area contributed by atoms with Gasteiger partial charge in [0.15, 0.2) is 14.6 Å². The van der Waals surface area contributed by atoms with Gasteiger partial charge in [-0.1, -0.05) is 30.3 Å². The number of nitrogens with one attached hydrogen (secondary N) is 1. The van der Waals surface area contributed by atoms with Crippen LogP contribution in [-0.4, -0.2) is 73.7 Å². The lowest BCUT2D eigenvalue weighted by molar-refractivity contribution is -0.131. The van der Waals surface area contributed by atoms with Crippen molar-refractivity contribution in [3.63, 3.8) is 0 Å². The third-order valence-corrected chi connectivity index (χ3v) is 8.69. The number of sulfone groups is 1. The Labute approximate surface area is 204 Å². The number of nitrogens with zero attached hydrogens (tertiary/aromatic N) is 2. The number of rotatable bonds is 10. The highest BCUT2D eigenvalue weighted by molar-refractivity contribution is 7.92. The van der Waals surface area contributed by atoms with Crippen molar-refractivity contribution in [2.45, 2.75) is 31.1 Å². The Morgan fingerprint density at radius 2 is 1.86 bits per heavy atom. The number of carbonyl (C=O) groups excluding carboxylic acids is 2. The van der Waals surface area contributed by atoms with Crippen LogP contribution in [0.2, 0.25) is 0 Å². The Hall–Kier alpha value is -2.86. The minimum absolute atomic E-state index is 0.0458. The fraction of sp³-hybridized carbons (Fsp3) is 0.417. The van der Waals surface area contributed by atoms with Crippen LogP contribution in [0.1, 0.15) is 34.8 Å². The van der Waals surface area contributed by atoms with Crippen LogP contribution in [0.5, 0.6) is 0 Å². The number of hydrogen-bond donors (Lipinski definition) is 2. The molecule has 0 bridgehead atoms. The van der Waals surface area contributed by atoms with E-state index >= 15 is 4.39 Å². The van der Waals surface area contributed by atoms with Crippen molar-refractivity contribution in [3.05, 3.63) is 58.9 Å². The second kappa shape index (κ2) is 10.4. The average Bonchev–Trinajstić information content (AvgIpc) is 3.16. The first-order chi connectivity index (χ1) is 16.4. The zero-order valence-electron chi connectivity index (χ0n) is 20.2. The van der Waals surface area contributed by atoms with Gasteiger partial charge in [-0.3, -0.25) is 14.8 Å². The number of fused-ring (bicyclic) bond motifs is 1. The van der Waals surface area contributed by atoms with Crippen molar-refractivity contribution in [2.75, 3.05) is 33.5 Å². The van der Waals surface area contributed by atoms with Gasteiger partial charge in [-0.15, -0.1) is 0 Å². The molecule has 1 aliphatic heterocycles. The maximum absolute atomic E-state index is 15.5. The molecule has 11 heteroatoms. The molecule has 0 radical (unpaired) electrons. The van der Waals surface area contributed by atoms with Gasteiger partial charge in [0, 0.05) is 49.6 Å². The Kier molecular flexibility index (Phi) is 7.95. The van der Waals surface area contributed by atoms with Gasteiger partial charge in [0.05, 0.1) is 7.11 Å². The van der Waals surface area contributed by atoms with E-state index in [4.69, 9.17) is 10.0 Å². The van der Waals surface area contributed by atoms with Crippen LogP contribution < -0.4 is 5.48 Å². The summed E-state index contributed by atoms with van der Waals surface area (Å²) in [5, 5.41) is 10.7. The number of carbonyl (C=O) groups is 2. The Morgan fingerprint density at radius 1 is 1.23 bits per heavy atom. The summed E-state index contributed by atoms with van der Waals surface area (Å²) >= 11 is 0. The van der Waals surface area contributed by atoms with Gasteiger partial charge in [0.25, 0.3) is 11.8 Å². The van der Waals surface area contributed by atoms with E-state index in [0.717, 1.165) is 18.2 Å². The molecule has 1 heterocycles. The maximum atomic E-state index is 15.5. The van der Waals surface area contributed by atoms with Crippen molar-refractivity contribution in [1.29, 1.82) is 0 Å². The molecule has 1 unspecified atom stereocenters. The number of hydrogen-bond acceptors (Lipinski definition) is 7. The first-order valence-corrected chi connectivity index (χ1v) is 12.9. The largest absolute Gasteiger partial charge is 0.334 e. The van der Waals surface area contributed by atoms with Crippen LogP contribution in [0.25, 0.3) is 11.1 Å². The van der Waals surface area contributed by atoms with Gasteiger partial charge in [0.2, 0.25) is 0 Å². The monoisotopic (exact) mass is 507 g/mol. The average molecular weight is 508 g/mol. The number of benzene rings is 2. The van der Waals surface area contributed by atoms with Gasteiger partial charge >= 0.3 is 0 Å². The molecule has 3 rings (SSSR count). The summed E-state index contributed by atoms with van der Waals surface area (Å²) in [5.74, 6) is -2.04. The zero-order chi connectivity index (χ0) is 26.0. The first kappa shape index (κ1) is 26.7. The number of halogens is 1. The van der Waals surface area contributed by atoms with Crippen LogP contribution >= 0.6 is 0 Å². The van der Waals surface area contributed by atoms with Crippen molar-refractivity contribution < 1.29 is 32.4 Å². The maximum Gasteiger partial charge on any atom is 0.264 e. The summed E-state index contributed by atoms with van der Waals surface area (Å²) in [4.78, 5) is 31.3. The minimum Gasteiger partial charge on any atom is -0.334 e. The van der Waals surface area contributed by atoms with Gasteiger partial charge in [-0.25, -0.2) is 18.3 Å². The van der Waals surface area contributed by atoms with Gasteiger partial charge in [-0.05, 0) is 37.0 Å². The Morgan fingerprint density at radius 3 is 2.43 bits per heavy atom. The van der Waals surface area contributed by atoms with Crippen molar-refractivity contribution >= 4 is 21.7 Å². The first-order valence-electron chi connectivity index (χ1n) is 11.0. The van der Waals surface area contributed by atoms with Crippen LogP contribution in [0, 0.1) is 5.82 Å². The lowest BCUT2D eigenvalue weighted by Crippen LogP contribution is -2.50. The second-order valence-electron chi connectivity index (χ2n) is 8.85. The molecular weight excluding hydrogens is 477 g/mol. The quantitative estimate of drug-likeness (QED) is 0.374. The van der Waals surface area contributed by atoms with E-state index in [-0.39, 0.29) is 30.6 Å². The topological polar surface area (TPSA) is 116 Å². The van der Waals surface area contributed by atoms with Crippen molar-refractivity contribution in [1.82, 2.24) is 15.4 Å². The Balaban J connectivity index is 1.78. The highest BCUT2D eigenvalue weighted by Gasteiger charge is 2.44. The minimum atomic E-state index is -3.91. The van der Waals surface area contributed by atoms with E-state index in [9.17, 15) is 18.0 Å². The van der Waals surface area contributed by atoms with Gasteiger partial charge in [-0.2, -0.15) is 5.06 Å². The van der Waals surface area contributed by atoms with Crippen LogP contribution in [-0.2, 0) is 32.4 Å². The summed E-state index contributed by atoms with van der Waals surface area (Å²) in [7, 11) is -0.477. The summed E-state index contributed by atoms with van der Waals surface area (Å²) in [6.07, 6.45) is 1.39. The molecule has 1 aliphatic rings. The molecule has 0 aromatic heterocycles. The predicted octanol–water partition coefficient (Wildman–Crippen LogP) is 2.18. The van der Waals surface area contributed by atoms with E-state index in [2.05, 4.69) is 0 Å². The second-order valence-corrected chi connectivity index (χ2v) is 11.3. The molecule has 0 aliphatic carbocycles. The predicted molar refractivity (Wildman–Crippen MR) is 128 cm³/mol. The summed E-state index contributed by atoms with van der Waals surface area (Å²) < 4.78 is 37.9. The molecule has 0 spiro atoms. The van der Waals surface area contributed by atoms with E-state index in [1.165, 1.54) is 17.3 Å². The summed E-state index contributed by atoms with van der Waals surface area (Å²) in [6, 6.07) is 10.6. The van der Waals surface area contributed by atoms with Crippen LogP contribution in [0.4, 0.5) is 4.39 Å². The normalized spacial score (nSPS) is 15.3. The van der Waals surface area contributed by atoms with Crippen molar-refractivity contribution in [2.24, 2.45) is 0 Å². The molecule has 2 aromatic carbocycles. The van der Waals surface area contributed by atoms with E-state index in [0.29, 0.717) is 17.7 Å². The van der Waals surface area contributed by atoms with Crippen LogP contribution in [0.15, 0.2) is 36.4 Å². The molecule has 9 nitrogen and oxygen atoms in total. The molecule has 0 saturated carbocycles. The van der Waals surface area contributed by atoms with Crippen LogP contribution in [0.3, 0.4) is 0 Å². The highest BCUT2D eigenvalue weighted by atomic mass is 32.2. The molecule has 190 valence electrons. The third kappa shape index (κ3) is 5.37. The molecule has 1 atom stereocenters. The van der Waals surface area contributed by atoms with E-state index < -0.39 is 32.2 Å². The summed E-state index contributed by atoms with van der Waals surface area (Å²) in [5.41, 5.74) is 3.92. The smallest absolute Gasteiger partial charge is 0.264 e. The Bertz CT molecular complexity index is 1220. The molecule has 2 aromatic rings.